The molecule has 1 aliphatic rings. The number of ether oxygens (including phenoxy) is 3. The molecular formula is C31H36F3IN2O8. The number of amides is 2. The van der Waals surface area contributed by atoms with Crippen molar-refractivity contribution in [2.75, 3.05) is 33.4 Å². The number of nitrogens with one attached hydrogen (secondary N) is 1. The van der Waals surface area contributed by atoms with Gasteiger partial charge >= 0.3 is 6.18 Å². The van der Waals surface area contributed by atoms with Gasteiger partial charge < -0.3 is 34.6 Å². The van der Waals surface area contributed by atoms with Gasteiger partial charge in [0, 0.05) is 42.8 Å². The number of alkyl halides is 3. The van der Waals surface area contributed by atoms with Gasteiger partial charge in [0.15, 0.2) is 11.5 Å². The van der Waals surface area contributed by atoms with Crippen molar-refractivity contribution in [2.45, 2.75) is 57.2 Å². The van der Waals surface area contributed by atoms with E-state index in [-0.39, 0.29) is 61.5 Å². The second-order valence-electron chi connectivity index (χ2n) is 10.5. The van der Waals surface area contributed by atoms with Crippen molar-refractivity contribution < 1.29 is 52.0 Å². The van der Waals surface area contributed by atoms with Crippen LogP contribution in [0.5, 0.6) is 11.5 Å². The Morgan fingerprint density at radius 3 is 2.47 bits per heavy atom. The van der Waals surface area contributed by atoms with Crippen LogP contribution in [0.2, 0.25) is 0 Å². The standard InChI is InChI=1S/C31H36F3IN2O8/c1-18(2)44-12-4-10-37(30(42)20-5-7-22(8-6-20)31(32,33)34)24-15-21(29(41)36-9-11-38)16-25(27(24)40)45-28-23(35)13-19(17-39)14-26(28)43-3/h5-8,13-14,16-18,24-25,27,38,40H,4,9-12,15H2,1-3H3,(H,36,41)/t24-,25+,27+/m1/s1. The van der Waals surface area contributed by atoms with Gasteiger partial charge in [0.05, 0.1) is 35.0 Å². The number of aliphatic hydroxyl groups is 2. The largest absolute Gasteiger partial charge is 0.493 e. The van der Waals surface area contributed by atoms with Crippen LogP contribution in [0.25, 0.3) is 0 Å². The SMILES string of the molecule is COc1cc(C=O)cc(I)c1O[C@H]1C=C(C(=O)NCCO)C[C@@H](N(CCCOC(C)C)C(=O)c2ccc(C(F)(F)F)cc2)[C@@H]1O. The molecule has 0 radical (unpaired) electrons. The average Bonchev–Trinajstić information content (AvgIpc) is 3.00. The number of nitrogens with zero attached hydrogens (tertiary/aromatic N) is 1. The number of carbonyl (C=O) groups is 3. The number of aldehydes is 1. The first-order valence-electron chi connectivity index (χ1n) is 14.2. The van der Waals surface area contributed by atoms with Gasteiger partial charge in [0.25, 0.3) is 5.91 Å². The van der Waals surface area contributed by atoms with E-state index in [0.29, 0.717) is 21.8 Å². The molecule has 0 fully saturated rings. The van der Waals surface area contributed by atoms with Gasteiger partial charge in [-0.3, -0.25) is 14.4 Å². The van der Waals surface area contributed by atoms with E-state index in [1.54, 1.807) is 6.07 Å². The van der Waals surface area contributed by atoms with Gasteiger partial charge in [0.2, 0.25) is 5.91 Å². The lowest BCUT2D eigenvalue weighted by molar-refractivity contribution is -0.137. The van der Waals surface area contributed by atoms with Crippen LogP contribution in [0.4, 0.5) is 13.2 Å². The molecule has 0 saturated carbocycles. The van der Waals surface area contributed by atoms with Crippen molar-refractivity contribution in [3.05, 3.63) is 68.3 Å². The van der Waals surface area contributed by atoms with Gasteiger partial charge in [-0.05, 0) is 85.3 Å². The minimum Gasteiger partial charge on any atom is -0.493 e. The average molecular weight is 749 g/mol. The highest BCUT2D eigenvalue weighted by Crippen LogP contribution is 2.37. The zero-order valence-electron chi connectivity index (χ0n) is 25.0. The van der Waals surface area contributed by atoms with Crippen LogP contribution in [0.1, 0.15) is 53.0 Å². The monoisotopic (exact) mass is 748 g/mol. The third-order valence-corrected chi connectivity index (χ3v) is 7.77. The summed E-state index contributed by atoms with van der Waals surface area (Å²) < 4.78 is 57.3. The lowest BCUT2D eigenvalue weighted by atomic mass is 9.87. The fraction of sp³-hybridized carbons (Fsp3) is 0.452. The molecule has 246 valence electrons. The lowest BCUT2D eigenvalue weighted by Gasteiger charge is -2.40. The van der Waals surface area contributed by atoms with Crippen LogP contribution in [0.15, 0.2) is 48.0 Å². The smallest absolute Gasteiger partial charge is 0.416 e. The van der Waals surface area contributed by atoms with Crippen LogP contribution in [-0.4, -0.2) is 91.0 Å². The van der Waals surface area contributed by atoms with E-state index in [9.17, 15) is 37.8 Å². The molecule has 10 nitrogen and oxygen atoms in total. The minimum absolute atomic E-state index is 0.0426. The van der Waals surface area contributed by atoms with Crippen molar-refractivity contribution in [1.29, 1.82) is 0 Å². The van der Waals surface area contributed by atoms with Gasteiger partial charge in [-0.15, -0.1) is 0 Å². The molecule has 2 aromatic rings. The molecule has 45 heavy (non-hydrogen) atoms. The van der Waals surface area contributed by atoms with Crippen molar-refractivity contribution >= 4 is 40.7 Å². The van der Waals surface area contributed by atoms with Gasteiger partial charge in [-0.25, -0.2) is 0 Å². The zero-order chi connectivity index (χ0) is 33.3. The van der Waals surface area contributed by atoms with E-state index in [1.165, 1.54) is 24.2 Å². The van der Waals surface area contributed by atoms with Gasteiger partial charge in [-0.1, -0.05) is 0 Å². The lowest BCUT2D eigenvalue weighted by Crippen LogP contribution is -2.55. The molecule has 2 amide bonds. The third-order valence-electron chi connectivity index (χ3n) is 6.97. The summed E-state index contributed by atoms with van der Waals surface area (Å²) >= 11 is 1.94. The summed E-state index contributed by atoms with van der Waals surface area (Å²) in [5, 5.41) is 23.5. The summed E-state index contributed by atoms with van der Waals surface area (Å²) in [6.45, 7) is 3.62. The molecule has 0 spiro atoms. The van der Waals surface area contributed by atoms with Crippen LogP contribution in [0, 0.1) is 3.57 Å². The maximum absolute atomic E-state index is 13.9. The molecule has 0 saturated heterocycles. The number of methoxy groups -OCH3 is 1. The van der Waals surface area contributed by atoms with Crippen molar-refractivity contribution in [3.63, 3.8) is 0 Å². The summed E-state index contributed by atoms with van der Waals surface area (Å²) in [7, 11) is 1.38. The number of halogens is 4. The molecule has 0 unspecified atom stereocenters. The predicted molar refractivity (Wildman–Crippen MR) is 166 cm³/mol. The second-order valence-corrected chi connectivity index (χ2v) is 11.7. The fourth-order valence-corrected chi connectivity index (χ4v) is 5.53. The predicted octanol–water partition coefficient (Wildman–Crippen LogP) is 4.00. The van der Waals surface area contributed by atoms with Crippen LogP contribution >= 0.6 is 22.6 Å². The Balaban J connectivity index is 2.04. The van der Waals surface area contributed by atoms with Crippen LogP contribution < -0.4 is 14.8 Å². The van der Waals surface area contributed by atoms with E-state index in [4.69, 9.17) is 14.2 Å². The Morgan fingerprint density at radius 2 is 1.89 bits per heavy atom. The third kappa shape index (κ3) is 9.64. The Bertz CT molecular complexity index is 1370. The Kier molecular flexibility index (Phi) is 13.2. The summed E-state index contributed by atoms with van der Waals surface area (Å²) in [6.07, 6.45) is -5.02. The molecule has 1 aliphatic carbocycles. The quantitative estimate of drug-likeness (QED) is 0.150. The molecule has 3 rings (SSSR count). The molecule has 0 aromatic heterocycles. The molecule has 2 aromatic carbocycles. The van der Waals surface area contributed by atoms with Crippen molar-refractivity contribution in [2.24, 2.45) is 0 Å². The number of aliphatic hydroxyl groups excluding tert-OH is 2. The molecule has 0 aliphatic heterocycles. The van der Waals surface area contributed by atoms with E-state index >= 15 is 0 Å². The molecule has 0 heterocycles. The first-order valence-corrected chi connectivity index (χ1v) is 15.3. The maximum Gasteiger partial charge on any atom is 0.416 e. The van der Waals surface area contributed by atoms with E-state index in [2.05, 4.69) is 5.32 Å². The van der Waals surface area contributed by atoms with Gasteiger partial charge in [-0.2, -0.15) is 13.2 Å². The molecular weight excluding hydrogens is 712 g/mol. The number of hydrogen-bond donors (Lipinski definition) is 3. The Labute approximate surface area is 272 Å². The fourth-order valence-electron chi connectivity index (χ4n) is 4.78. The van der Waals surface area contributed by atoms with Crippen LogP contribution in [-0.2, 0) is 15.7 Å². The van der Waals surface area contributed by atoms with Gasteiger partial charge in [0.1, 0.15) is 18.5 Å². The Hall–Kier alpha value is -3.21. The highest BCUT2D eigenvalue weighted by Gasteiger charge is 2.41. The molecule has 3 N–H and O–H groups in total. The summed E-state index contributed by atoms with van der Waals surface area (Å²) in [6, 6.07) is 5.69. The highest BCUT2D eigenvalue weighted by molar-refractivity contribution is 14.1. The maximum atomic E-state index is 13.9. The normalized spacial score (nSPS) is 18.3. The highest BCUT2D eigenvalue weighted by atomic mass is 127. The topological polar surface area (TPSA) is 135 Å². The van der Waals surface area contributed by atoms with Crippen LogP contribution in [0.3, 0.4) is 0 Å². The molecule has 3 atom stereocenters. The van der Waals surface area contributed by atoms with Crippen molar-refractivity contribution in [1.82, 2.24) is 10.2 Å². The number of benzene rings is 2. The van der Waals surface area contributed by atoms with Crippen molar-refractivity contribution in [3.8, 4) is 11.5 Å². The first kappa shape index (κ1) is 36.3. The number of carbonyl (C=O) groups excluding carboxylic acids is 3. The zero-order valence-corrected chi connectivity index (χ0v) is 27.1. The first-order chi connectivity index (χ1) is 21.3. The second kappa shape index (κ2) is 16.4. The van der Waals surface area contributed by atoms with E-state index < -0.39 is 41.8 Å². The molecule has 14 heteroatoms. The van der Waals surface area contributed by atoms with E-state index in [1.807, 2.05) is 36.4 Å². The summed E-state index contributed by atoms with van der Waals surface area (Å²) in [5.74, 6) is -0.833. The number of rotatable bonds is 14. The summed E-state index contributed by atoms with van der Waals surface area (Å²) in [4.78, 5) is 39.6. The summed E-state index contributed by atoms with van der Waals surface area (Å²) in [5.41, 5.74) is -0.482. The molecule has 0 bridgehead atoms. The minimum atomic E-state index is -4.59. The van der Waals surface area contributed by atoms with E-state index in [0.717, 1.165) is 24.3 Å². The Morgan fingerprint density at radius 1 is 1.20 bits per heavy atom. The number of hydrogen-bond acceptors (Lipinski definition) is 8.